The van der Waals surface area contributed by atoms with Crippen LogP contribution in [-0.4, -0.2) is 28.1 Å². The number of para-hydroxylation sites is 2. The molecule has 6 heteroatoms. The molecule has 2 aromatic carbocycles. The van der Waals surface area contributed by atoms with Crippen molar-refractivity contribution in [3.8, 4) is 6.07 Å². The number of carbonyl (C=O) groups excluding carboxylic acids is 1. The number of fused-ring (bicyclic) bond motifs is 2. The number of benzene rings is 2. The number of hydrogen-bond acceptors (Lipinski definition) is 3. The number of hydrogen-bond donors (Lipinski definition) is 1. The van der Waals surface area contributed by atoms with Crippen molar-refractivity contribution in [2.24, 2.45) is 0 Å². The molecule has 4 rings (SSSR count). The first-order valence-corrected chi connectivity index (χ1v) is 8.89. The molecule has 138 valence electrons. The maximum atomic E-state index is 13.0. The number of carboxylic acids is 1. The fraction of sp³-hybridized carbons (Fsp3) is 0.136. The van der Waals surface area contributed by atoms with Gasteiger partial charge in [0.1, 0.15) is 18.2 Å². The highest BCUT2D eigenvalue weighted by Crippen LogP contribution is 2.30. The molecule has 1 aromatic heterocycles. The van der Waals surface area contributed by atoms with Crippen molar-refractivity contribution >= 4 is 34.5 Å². The van der Waals surface area contributed by atoms with Crippen LogP contribution in [0.3, 0.4) is 0 Å². The lowest BCUT2D eigenvalue weighted by Gasteiger charge is -2.16. The van der Waals surface area contributed by atoms with Crippen molar-refractivity contribution in [2.75, 3.05) is 11.4 Å². The molecule has 2 heterocycles. The van der Waals surface area contributed by atoms with Crippen LogP contribution in [0, 0.1) is 11.3 Å². The molecule has 6 nitrogen and oxygen atoms in total. The molecule has 0 saturated heterocycles. The molecule has 0 bridgehead atoms. The van der Waals surface area contributed by atoms with Crippen LogP contribution in [0.15, 0.2) is 60.3 Å². The molecule has 0 fully saturated rings. The summed E-state index contributed by atoms with van der Waals surface area (Å²) in [6.45, 7) is 0.349. The monoisotopic (exact) mass is 371 g/mol. The van der Waals surface area contributed by atoms with Gasteiger partial charge in [0.25, 0.3) is 5.91 Å². The normalized spacial score (nSPS) is 13.4. The van der Waals surface area contributed by atoms with Gasteiger partial charge in [-0.25, -0.2) is 0 Å². The third kappa shape index (κ3) is 3.03. The molecule has 1 aliphatic heterocycles. The third-order valence-corrected chi connectivity index (χ3v) is 4.91. The van der Waals surface area contributed by atoms with Gasteiger partial charge in [-0.2, -0.15) is 5.26 Å². The summed E-state index contributed by atoms with van der Waals surface area (Å²) in [4.78, 5) is 25.8. The van der Waals surface area contributed by atoms with Gasteiger partial charge < -0.3 is 14.6 Å². The summed E-state index contributed by atoms with van der Waals surface area (Å²) in [7, 11) is 0. The number of aliphatic carboxylic acids is 1. The first-order valence-electron chi connectivity index (χ1n) is 8.89. The Kier molecular flexibility index (Phi) is 4.42. The lowest BCUT2D eigenvalue weighted by atomic mass is 10.1. The number of carboxylic acid groups (broad SMARTS) is 1. The topological polar surface area (TPSA) is 86.3 Å². The Balaban J connectivity index is 1.74. The van der Waals surface area contributed by atoms with E-state index in [1.165, 1.54) is 0 Å². The van der Waals surface area contributed by atoms with E-state index in [1.807, 2.05) is 54.6 Å². The number of nitriles is 1. The van der Waals surface area contributed by atoms with E-state index in [4.69, 9.17) is 5.11 Å². The molecule has 1 N–H and O–H groups in total. The highest BCUT2D eigenvalue weighted by Gasteiger charge is 2.26. The van der Waals surface area contributed by atoms with E-state index in [-0.39, 0.29) is 18.0 Å². The minimum atomic E-state index is -0.957. The van der Waals surface area contributed by atoms with Crippen molar-refractivity contribution in [2.45, 2.75) is 13.0 Å². The molecule has 1 aliphatic rings. The van der Waals surface area contributed by atoms with Crippen molar-refractivity contribution in [1.29, 1.82) is 5.26 Å². The van der Waals surface area contributed by atoms with Gasteiger partial charge in [-0.3, -0.25) is 9.59 Å². The van der Waals surface area contributed by atoms with Gasteiger partial charge in [-0.05, 0) is 30.2 Å². The Hall–Kier alpha value is -3.85. The van der Waals surface area contributed by atoms with E-state index in [0.717, 1.165) is 28.6 Å². The number of amides is 1. The van der Waals surface area contributed by atoms with Gasteiger partial charge in [0, 0.05) is 34.9 Å². The summed E-state index contributed by atoms with van der Waals surface area (Å²) in [6.07, 6.45) is 3.98. The Morgan fingerprint density at radius 2 is 1.89 bits per heavy atom. The number of nitrogens with zero attached hydrogens (tertiary/aromatic N) is 3. The van der Waals surface area contributed by atoms with Crippen molar-refractivity contribution in [3.63, 3.8) is 0 Å². The zero-order chi connectivity index (χ0) is 19.7. The lowest BCUT2D eigenvalue weighted by Crippen LogP contribution is -2.29. The van der Waals surface area contributed by atoms with E-state index in [0.29, 0.717) is 12.1 Å². The summed E-state index contributed by atoms with van der Waals surface area (Å²) in [5.41, 5.74) is 3.34. The second-order valence-electron chi connectivity index (χ2n) is 6.63. The largest absolute Gasteiger partial charge is 0.480 e. The van der Waals surface area contributed by atoms with E-state index in [9.17, 15) is 14.9 Å². The Labute approximate surface area is 161 Å². The third-order valence-electron chi connectivity index (χ3n) is 4.91. The molecule has 28 heavy (non-hydrogen) atoms. The number of aromatic nitrogens is 1. The molecule has 0 atom stereocenters. The quantitative estimate of drug-likeness (QED) is 0.563. The molecular weight excluding hydrogens is 354 g/mol. The Morgan fingerprint density at radius 3 is 2.68 bits per heavy atom. The fourth-order valence-electron chi connectivity index (χ4n) is 3.66. The van der Waals surface area contributed by atoms with Crippen LogP contribution in [-0.2, 0) is 22.6 Å². The summed E-state index contributed by atoms with van der Waals surface area (Å²) < 4.78 is 1.61. The number of anilines is 1. The standard InChI is InChI=1S/C22H17N3O3/c23-12-16(22(28)25-10-9-15-5-1-3-7-19(15)25)11-17-13-24(14-21(26)27)20-8-4-2-6-18(17)20/h1-8,11,13H,9-10,14H2,(H,26,27). The van der Waals surface area contributed by atoms with E-state index in [1.54, 1.807) is 21.7 Å². The summed E-state index contributed by atoms with van der Waals surface area (Å²) >= 11 is 0. The Bertz CT molecular complexity index is 1170. The lowest BCUT2D eigenvalue weighted by molar-refractivity contribution is -0.137. The molecule has 0 spiro atoms. The average Bonchev–Trinajstić information content (AvgIpc) is 3.27. The smallest absolute Gasteiger partial charge is 0.323 e. The molecular formula is C22H17N3O3. The van der Waals surface area contributed by atoms with Crippen LogP contribution >= 0.6 is 0 Å². The first kappa shape index (κ1) is 17.6. The maximum Gasteiger partial charge on any atom is 0.323 e. The van der Waals surface area contributed by atoms with Gasteiger partial charge in [0.2, 0.25) is 0 Å². The number of rotatable bonds is 4. The van der Waals surface area contributed by atoms with Gasteiger partial charge in [0.15, 0.2) is 0 Å². The molecule has 3 aromatic rings. The molecule has 1 amide bonds. The van der Waals surface area contributed by atoms with Gasteiger partial charge in [-0.15, -0.1) is 0 Å². The minimum absolute atomic E-state index is 0.0231. The second-order valence-corrected chi connectivity index (χ2v) is 6.63. The highest BCUT2D eigenvalue weighted by molar-refractivity contribution is 6.13. The SMILES string of the molecule is N#CC(=Cc1cn(CC(=O)O)c2ccccc12)C(=O)N1CCc2ccccc21. The van der Waals surface area contributed by atoms with Gasteiger partial charge in [0.05, 0.1) is 0 Å². The minimum Gasteiger partial charge on any atom is -0.480 e. The van der Waals surface area contributed by atoms with Crippen LogP contribution < -0.4 is 4.90 Å². The van der Waals surface area contributed by atoms with Crippen molar-refractivity contribution in [3.05, 3.63) is 71.4 Å². The summed E-state index contributed by atoms with van der Waals surface area (Å²) in [5, 5.41) is 19.6. The predicted molar refractivity (Wildman–Crippen MR) is 106 cm³/mol. The van der Waals surface area contributed by atoms with Crippen molar-refractivity contribution < 1.29 is 14.7 Å². The summed E-state index contributed by atoms with van der Waals surface area (Å²) in [5.74, 6) is -1.30. The first-order chi connectivity index (χ1) is 13.6. The van der Waals surface area contributed by atoms with Crippen LogP contribution in [0.4, 0.5) is 5.69 Å². The van der Waals surface area contributed by atoms with E-state index in [2.05, 4.69) is 0 Å². The van der Waals surface area contributed by atoms with Crippen LogP contribution in [0.1, 0.15) is 11.1 Å². The molecule has 0 radical (unpaired) electrons. The van der Waals surface area contributed by atoms with E-state index >= 15 is 0 Å². The molecule has 0 saturated carbocycles. The second kappa shape index (κ2) is 7.05. The highest BCUT2D eigenvalue weighted by atomic mass is 16.4. The van der Waals surface area contributed by atoms with Gasteiger partial charge >= 0.3 is 5.97 Å². The predicted octanol–water partition coefficient (Wildman–Crippen LogP) is 3.22. The summed E-state index contributed by atoms with van der Waals surface area (Å²) in [6, 6.07) is 17.0. The van der Waals surface area contributed by atoms with Gasteiger partial charge in [-0.1, -0.05) is 36.4 Å². The maximum absolute atomic E-state index is 13.0. The van der Waals surface area contributed by atoms with Crippen LogP contribution in [0.25, 0.3) is 17.0 Å². The molecule has 0 unspecified atom stereocenters. The van der Waals surface area contributed by atoms with Crippen LogP contribution in [0.5, 0.6) is 0 Å². The average molecular weight is 371 g/mol. The fourth-order valence-corrected chi connectivity index (χ4v) is 3.66. The Morgan fingerprint density at radius 1 is 1.14 bits per heavy atom. The van der Waals surface area contributed by atoms with Crippen molar-refractivity contribution in [1.82, 2.24) is 4.57 Å². The van der Waals surface area contributed by atoms with E-state index < -0.39 is 5.97 Å². The zero-order valence-corrected chi connectivity index (χ0v) is 15.0. The number of carbonyl (C=O) groups is 2. The van der Waals surface area contributed by atoms with Crippen LogP contribution in [0.2, 0.25) is 0 Å². The zero-order valence-electron chi connectivity index (χ0n) is 15.0. The molecule has 0 aliphatic carbocycles.